The molecule has 2 aromatic rings. The van der Waals surface area contributed by atoms with Gasteiger partial charge in [0.25, 0.3) is 0 Å². The van der Waals surface area contributed by atoms with Crippen molar-refractivity contribution >= 4 is 0 Å². The van der Waals surface area contributed by atoms with Crippen molar-refractivity contribution in [2.45, 2.75) is 24.6 Å². The van der Waals surface area contributed by atoms with E-state index in [9.17, 15) is 5.11 Å². The van der Waals surface area contributed by atoms with Gasteiger partial charge >= 0.3 is 0 Å². The van der Waals surface area contributed by atoms with Crippen molar-refractivity contribution in [3.8, 4) is 0 Å². The van der Waals surface area contributed by atoms with Gasteiger partial charge in [0.1, 0.15) is 0 Å². The Morgan fingerprint density at radius 3 is 2.33 bits per heavy atom. The van der Waals surface area contributed by atoms with Crippen molar-refractivity contribution in [1.29, 1.82) is 0 Å². The molecule has 0 spiro atoms. The van der Waals surface area contributed by atoms with Gasteiger partial charge in [-0.2, -0.15) is 0 Å². The average molecular weight is 321 g/mol. The van der Waals surface area contributed by atoms with Crippen LogP contribution >= 0.6 is 0 Å². The van der Waals surface area contributed by atoms with E-state index in [2.05, 4.69) is 58.1 Å². The fourth-order valence-corrected chi connectivity index (χ4v) is 5.52. The molecule has 0 radical (unpaired) electrons. The van der Waals surface area contributed by atoms with Crippen LogP contribution in [0.2, 0.25) is 0 Å². The lowest BCUT2D eigenvalue weighted by Crippen LogP contribution is -2.79. The van der Waals surface area contributed by atoms with E-state index in [1.165, 1.54) is 11.1 Å². The van der Waals surface area contributed by atoms with Crippen LogP contribution in [0.15, 0.2) is 54.9 Å². The second kappa shape index (κ2) is 4.88. The molecule has 0 amide bonds. The number of aliphatic hydroxyl groups is 1. The minimum absolute atomic E-state index is 0.0783. The molecule has 4 heteroatoms. The minimum Gasteiger partial charge on any atom is -0.391 e. The molecule has 4 nitrogen and oxygen atoms in total. The Labute approximate surface area is 142 Å². The molecule has 4 aliphatic heterocycles. The van der Waals surface area contributed by atoms with Crippen LogP contribution in [-0.4, -0.2) is 52.2 Å². The third-order valence-corrected chi connectivity index (χ3v) is 6.31. The zero-order chi connectivity index (χ0) is 16.4. The highest BCUT2D eigenvalue weighted by Gasteiger charge is 2.64. The van der Waals surface area contributed by atoms with Gasteiger partial charge in [-0.25, -0.2) is 0 Å². The van der Waals surface area contributed by atoms with E-state index in [4.69, 9.17) is 0 Å². The lowest BCUT2D eigenvalue weighted by atomic mass is 9.57. The van der Waals surface area contributed by atoms with Crippen LogP contribution in [0, 0.1) is 5.41 Å². The molecule has 0 aliphatic carbocycles. The van der Waals surface area contributed by atoms with Crippen molar-refractivity contribution in [3.63, 3.8) is 0 Å². The molecule has 4 aliphatic rings. The first-order valence-corrected chi connectivity index (χ1v) is 8.74. The zero-order valence-corrected chi connectivity index (χ0v) is 14.0. The van der Waals surface area contributed by atoms with Gasteiger partial charge in [0.15, 0.2) is 0 Å². The maximum atomic E-state index is 11.3. The molecular formula is C20H23N3O. The summed E-state index contributed by atoms with van der Waals surface area (Å²) in [6, 6.07) is 14.8. The van der Waals surface area contributed by atoms with E-state index in [0.717, 1.165) is 26.2 Å². The smallest absolute Gasteiger partial charge is 0.0902 e. The number of pyridine rings is 1. The number of aliphatic hydroxyl groups excluding tert-OH is 1. The highest BCUT2D eigenvalue weighted by Crippen LogP contribution is 2.55. The summed E-state index contributed by atoms with van der Waals surface area (Å²) in [5.74, 6) is 0. The number of hydrogen-bond acceptors (Lipinski definition) is 4. The van der Waals surface area contributed by atoms with Crippen molar-refractivity contribution in [2.75, 3.05) is 26.2 Å². The number of aromatic nitrogens is 1. The Hall–Kier alpha value is -1.75. The topological polar surface area (TPSA) is 39.6 Å². The van der Waals surface area contributed by atoms with E-state index < -0.39 is 0 Å². The number of piperidine rings is 2. The summed E-state index contributed by atoms with van der Waals surface area (Å²) in [6.45, 7) is 5.94. The van der Waals surface area contributed by atoms with Gasteiger partial charge in [-0.1, -0.05) is 43.3 Å². The van der Waals surface area contributed by atoms with E-state index in [1.807, 2.05) is 18.5 Å². The first-order valence-electron chi connectivity index (χ1n) is 8.74. The van der Waals surface area contributed by atoms with Gasteiger partial charge < -0.3 is 5.11 Å². The highest BCUT2D eigenvalue weighted by atomic mass is 16.3. The van der Waals surface area contributed by atoms with Crippen molar-refractivity contribution in [2.24, 2.45) is 5.41 Å². The minimum atomic E-state index is -0.297. The molecule has 24 heavy (non-hydrogen) atoms. The maximum absolute atomic E-state index is 11.3. The van der Waals surface area contributed by atoms with Crippen LogP contribution in [0.25, 0.3) is 0 Å². The Morgan fingerprint density at radius 1 is 1.00 bits per heavy atom. The molecule has 4 bridgehead atoms. The summed E-state index contributed by atoms with van der Waals surface area (Å²) in [5, 5.41) is 11.3. The van der Waals surface area contributed by atoms with Gasteiger partial charge in [-0.3, -0.25) is 14.8 Å². The van der Waals surface area contributed by atoms with Crippen LogP contribution < -0.4 is 0 Å². The second-order valence-corrected chi connectivity index (χ2v) is 8.05. The average Bonchev–Trinajstić information content (AvgIpc) is 2.60. The van der Waals surface area contributed by atoms with Crippen molar-refractivity contribution < 1.29 is 5.11 Å². The molecular weight excluding hydrogens is 298 g/mol. The molecule has 1 aromatic heterocycles. The third-order valence-electron chi connectivity index (χ3n) is 6.31. The second-order valence-electron chi connectivity index (χ2n) is 8.05. The van der Waals surface area contributed by atoms with Gasteiger partial charge in [-0.15, -0.1) is 0 Å². The summed E-state index contributed by atoms with van der Waals surface area (Å²) < 4.78 is 0. The number of benzene rings is 1. The standard InChI is InChI=1S/C20H23N3O/c1-19-11-22-13-20(18(19)24,16-7-3-2-4-8-16)14-23(12-19)17(22)15-6-5-9-21-10-15/h2-10,17-18,24H,11-14H2,1H3/t17?,18-,19?,20?/m1/s1. The molecule has 1 aromatic carbocycles. The normalized spacial score (nSPS) is 43.1. The largest absolute Gasteiger partial charge is 0.391 e. The maximum Gasteiger partial charge on any atom is 0.0902 e. The lowest BCUT2D eigenvalue weighted by Gasteiger charge is -2.69. The number of nitrogens with zero attached hydrogens (tertiary/aromatic N) is 3. The van der Waals surface area contributed by atoms with Crippen LogP contribution in [0.5, 0.6) is 0 Å². The Morgan fingerprint density at radius 2 is 1.71 bits per heavy atom. The fourth-order valence-electron chi connectivity index (χ4n) is 5.52. The first-order chi connectivity index (χ1) is 11.6. The molecule has 4 saturated heterocycles. The van der Waals surface area contributed by atoms with E-state index in [-0.39, 0.29) is 23.1 Å². The molecule has 5 heterocycles. The molecule has 1 N–H and O–H groups in total. The lowest BCUT2D eigenvalue weighted by molar-refractivity contribution is -0.232. The third kappa shape index (κ3) is 1.82. The summed E-state index contributed by atoms with van der Waals surface area (Å²) in [4.78, 5) is 9.41. The number of hydrogen-bond donors (Lipinski definition) is 1. The van der Waals surface area contributed by atoms with Crippen molar-refractivity contribution in [3.05, 3.63) is 66.0 Å². The van der Waals surface area contributed by atoms with Crippen LogP contribution in [0.4, 0.5) is 0 Å². The van der Waals surface area contributed by atoms with Crippen LogP contribution in [0.1, 0.15) is 24.2 Å². The zero-order valence-electron chi connectivity index (χ0n) is 14.0. The fraction of sp³-hybridized carbons (Fsp3) is 0.450. The molecule has 124 valence electrons. The van der Waals surface area contributed by atoms with E-state index in [0.29, 0.717) is 0 Å². The monoisotopic (exact) mass is 321 g/mol. The molecule has 3 atom stereocenters. The summed E-state index contributed by atoms with van der Waals surface area (Å²) in [6.07, 6.45) is 3.81. The summed E-state index contributed by atoms with van der Waals surface area (Å²) in [5.41, 5.74) is 2.26. The molecule has 4 fully saturated rings. The first kappa shape index (κ1) is 14.6. The van der Waals surface area contributed by atoms with Crippen LogP contribution in [0.3, 0.4) is 0 Å². The highest BCUT2D eigenvalue weighted by molar-refractivity contribution is 5.35. The number of rotatable bonds is 2. The van der Waals surface area contributed by atoms with Gasteiger partial charge in [0, 0.05) is 55.0 Å². The Kier molecular flexibility index (Phi) is 2.97. The van der Waals surface area contributed by atoms with Crippen molar-refractivity contribution in [1.82, 2.24) is 14.8 Å². The van der Waals surface area contributed by atoms with E-state index >= 15 is 0 Å². The van der Waals surface area contributed by atoms with Gasteiger partial charge in [0.05, 0.1) is 12.3 Å². The van der Waals surface area contributed by atoms with Gasteiger partial charge in [0.2, 0.25) is 0 Å². The van der Waals surface area contributed by atoms with E-state index in [1.54, 1.807) is 0 Å². The Balaban J connectivity index is 1.60. The summed E-state index contributed by atoms with van der Waals surface area (Å²) in [7, 11) is 0. The molecule has 0 saturated carbocycles. The predicted octanol–water partition coefficient (Wildman–Crippen LogP) is 2.03. The predicted molar refractivity (Wildman–Crippen MR) is 92.4 cm³/mol. The molecule has 6 rings (SSSR count). The Bertz CT molecular complexity index is 732. The van der Waals surface area contributed by atoms with Crippen LogP contribution in [-0.2, 0) is 5.41 Å². The van der Waals surface area contributed by atoms with Gasteiger partial charge in [-0.05, 0) is 11.6 Å². The molecule has 2 unspecified atom stereocenters. The SMILES string of the molecule is CC12CN3CC(c4ccccc4)(CN(C1)C3c1cccnc1)[C@@H]2O. The summed E-state index contributed by atoms with van der Waals surface area (Å²) >= 11 is 0. The quantitative estimate of drug-likeness (QED) is 0.919.